The summed E-state index contributed by atoms with van der Waals surface area (Å²) in [5.74, 6) is 0.996. The fourth-order valence-corrected chi connectivity index (χ4v) is 2.99. The van der Waals surface area contributed by atoms with E-state index in [4.69, 9.17) is 4.42 Å². The van der Waals surface area contributed by atoms with Gasteiger partial charge in [0.1, 0.15) is 5.76 Å². The number of aryl methyl sites for hydroxylation is 2. The van der Waals surface area contributed by atoms with E-state index in [0.29, 0.717) is 0 Å². The van der Waals surface area contributed by atoms with Crippen molar-refractivity contribution in [1.82, 2.24) is 9.88 Å². The van der Waals surface area contributed by atoms with E-state index in [1.807, 2.05) is 19.9 Å². The van der Waals surface area contributed by atoms with Crippen LogP contribution < -0.4 is 5.56 Å². The highest BCUT2D eigenvalue weighted by molar-refractivity contribution is 5.65. The van der Waals surface area contributed by atoms with E-state index in [2.05, 4.69) is 16.0 Å². The molecule has 112 valence electrons. The number of rotatable bonds is 4. The second-order valence-corrected chi connectivity index (χ2v) is 5.80. The van der Waals surface area contributed by atoms with Gasteiger partial charge in [-0.3, -0.25) is 9.69 Å². The van der Waals surface area contributed by atoms with Crippen molar-refractivity contribution in [3.8, 4) is 11.1 Å². The molecule has 2 aromatic heterocycles. The van der Waals surface area contributed by atoms with Gasteiger partial charge in [0.2, 0.25) is 0 Å². The van der Waals surface area contributed by atoms with Crippen LogP contribution >= 0.6 is 0 Å². The van der Waals surface area contributed by atoms with Gasteiger partial charge in [0.15, 0.2) is 0 Å². The minimum atomic E-state index is 0.0135. The largest absolute Gasteiger partial charge is 0.467 e. The predicted octanol–water partition coefficient (Wildman–Crippen LogP) is 3.10. The molecule has 0 aromatic carbocycles. The van der Waals surface area contributed by atoms with Gasteiger partial charge in [-0.1, -0.05) is 6.92 Å². The van der Waals surface area contributed by atoms with Crippen LogP contribution in [0.15, 0.2) is 27.6 Å². The predicted molar refractivity (Wildman–Crippen MR) is 83.4 cm³/mol. The quantitative estimate of drug-likeness (QED) is 0.939. The molecule has 1 aliphatic rings. The van der Waals surface area contributed by atoms with Crippen molar-refractivity contribution < 1.29 is 4.42 Å². The first-order chi connectivity index (χ1) is 10.2. The van der Waals surface area contributed by atoms with Gasteiger partial charge in [-0.15, -0.1) is 0 Å². The Balaban J connectivity index is 1.87. The van der Waals surface area contributed by atoms with Gasteiger partial charge in [0.25, 0.3) is 5.56 Å². The molecule has 21 heavy (non-hydrogen) atoms. The Kier molecular flexibility index (Phi) is 3.97. The molecule has 1 fully saturated rings. The molecule has 0 saturated carbocycles. The molecular formula is C17H22N2O2. The van der Waals surface area contributed by atoms with Crippen molar-refractivity contribution in [1.29, 1.82) is 0 Å². The summed E-state index contributed by atoms with van der Waals surface area (Å²) in [6.07, 6.45) is 5.10. The standard InChI is InChI=1S/C17H22N2O2/c1-3-13-9-16(12(2)18-17(13)20)14-8-15(21-11-14)10-19-6-4-5-7-19/h8-9,11H,3-7,10H2,1-2H3,(H,18,20). The number of aromatic amines is 1. The van der Waals surface area contributed by atoms with Crippen molar-refractivity contribution in [3.63, 3.8) is 0 Å². The number of aromatic nitrogens is 1. The molecule has 1 saturated heterocycles. The second-order valence-electron chi connectivity index (χ2n) is 5.80. The summed E-state index contributed by atoms with van der Waals surface area (Å²) in [4.78, 5) is 17.2. The molecule has 0 bridgehead atoms. The molecule has 3 heterocycles. The SMILES string of the molecule is CCc1cc(-c2coc(CN3CCCC3)c2)c(C)[nH]c1=O. The Labute approximate surface area is 124 Å². The van der Waals surface area contributed by atoms with E-state index in [1.165, 1.54) is 12.8 Å². The molecule has 0 atom stereocenters. The van der Waals surface area contributed by atoms with Gasteiger partial charge in [0, 0.05) is 22.4 Å². The van der Waals surface area contributed by atoms with E-state index in [1.54, 1.807) is 6.26 Å². The smallest absolute Gasteiger partial charge is 0.251 e. The number of hydrogen-bond acceptors (Lipinski definition) is 3. The third-order valence-corrected chi connectivity index (χ3v) is 4.24. The Morgan fingerprint density at radius 2 is 2.05 bits per heavy atom. The van der Waals surface area contributed by atoms with Crippen molar-refractivity contribution in [3.05, 3.63) is 45.8 Å². The molecular weight excluding hydrogens is 264 g/mol. The first kappa shape index (κ1) is 14.1. The van der Waals surface area contributed by atoms with E-state index >= 15 is 0 Å². The second kappa shape index (κ2) is 5.90. The lowest BCUT2D eigenvalue weighted by atomic mass is 10.0. The van der Waals surface area contributed by atoms with Crippen LogP contribution in [0.2, 0.25) is 0 Å². The molecule has 0 radical (unpaired) electrons. The van der Waals surface area contributed by atoms with Gasteiger partial charge in [-0.25, -0.2) is 0 Å². The summed E-state index contributed by atoms with van der Waals surface area (Å²) in [6, 6.07) is 4.08. The normalized spacial score (nSPS) is 15.7. The van der Waals surface area contributed by atoms with E-state index in [9.17, 15) is 4.79 Å². The van der Waals surface area contributed by atoms with Gasteiger partial charge in [0.05, 0.1) is 12.8 Å². The maximum atomic E-state index is 11.8. The van der Waals surface area contributed by atoms with Crippen molar-refractivity contribution in [2.24, 2.45) is 0 Å². The molecule has 4 heteroatoms. The average Bonchev–Trinajstić information content (AvgIpc) is 3.11. The first-order valence-corrected chi connectivity index (χ1v) is 7.70. The zero-order valence-electron chi connectivity index (χ0n) is 12.7. The van der Waals surface area contributed by atoms with Crippen LogP contribution in [0.1, 0.15) is 36.8 Å². The number of hydrogen-bond donors (Lipinski definition) is 1. The zero-order valence-corrected chi connectivity index (χ0v) is 12.7. The Hall–Kier alpha value is -1.81. The topological polar surface area (TPSA) is 49.2 Å². The van der Waals surface area contributed by atoms with Crippen molar-refractivity contribution in [2.45, 2.75) is 39.7 Å². The van der Waals surface area contributed by atoms with Crippen molar-refractivity contribution >= 4 is 0 Å². The molecule has 0 spiro atoms. The molecule has 4 nitrogen and oxygen atoms in total. The molecule has 2 aromatic rings. The summed E-state index contributed by atoms with van der Waals surface area (Å²) in [6.45, 7) is 7.13. The Bertz CT molecular complexity index is 678. The highest BCUT2D eigenvalue weighted by atomic mass is 16.3. The highest BCUT2D eigenvalue weighted by Crippen LogP contribution is 2.25. The number of nitrogens with one attached hydrogen (secondary N) is 1. The fourth-order valence-electron chi connectivity index (χ4n) is 2.99. The number of nitrogens with zero attached hydrogens (tertiary/aromatic N) is 1. The summed E-state index contributed by atoms with van der Waals surface area (Å²) >= 11 is 0. The highest BCUT2D eigenvalue weighted by Gasteiger charge is 2.15. The lowest BCUT2D eigenvalue weighted by Crippen LogP contribution is -2.17. The molecule has 3 rings (SSSR count). The molecule has 0 amide bonds. The summed E-state index contributed by atoms with van der Waals surface area (Å²) in [5.41, 5.74) is 3.83. The molecule has 1 aliphatic heterocycles. The van der Waals surface area contributed by atoms with Gasteiger partial charge in [-0.05, 0) is 51.4 Å². The fraction of sp³-hybridized carbons (Fsp3) is 0.471. The number of furan rings is 1. The lowest BCUT2D eigenvalue weighted by Gasteiger charge is -2.11. The summed E-state index contributed by atoms with van der Waals surface area (Å²) < 4.78 is 5.71. The monoisotopic (exact) mass is 286 g/mol. The molecule has 0 unspecified atom stereocenters. The van der Waals surface area contributed by atoms with Crippen LogP contribution in [-0.4, -0.2) is 23.0 Å². The minimum absolute atomic E-state index is 0.0135. The van der Waals surface area contributed by atoms with Crippen molar-refractivity contribution in [2.75, 3.05) is 13.1 Å². The third kappa shape index (κ3) is 2.95. The number of likely N-dealkylation sites (tertiary alicyclic amines) is 1. The van der Waals surface area contributed by atoms with E-state index in [0.717, 1.165) is 54.2 Å². The maximum Gasteiger partial charge on any atom is 0.251 e. The summed E-state index contributed by atoms with van der Waals surface area (Å²) in [5, 5.41) is 0. The Morgan fingerprint density at radius 3 is 2.76 bits per heavy atom. The Morgan fingerprint density at radius 1 is 1.29 bits per heavy atom. The van der Waals surface area contributed by atoms with Gasteiger partial charge < -0.3 is 9.40 Å². The number of pyridine rings is 1. The maximum absolute atomic E-state index is 11.8. The first-order valence-electron chi connectivity index (χ1n) is 7.70. The lowest BCUT2D eigenvalue weighted by molar-refractivity contribution is 0.297. The van der Waals surface area contributed by atoms with E-state index in [-0.39, 0.29) is 5.56 Å². The molecule has 0 aliphatic carbocycles. The zero-order chi connectivity index (χ0) is 14.8. The van der Waals surface area contributed by atoms with Crippen LogP contribution in [-0.2, 0) is 13.0 Å². The molecule has 1 N–H and O–H groups in total. The van der Waals surface area contributed by atoms with Crippen LogP contribution in [0, 0.1) is 6.92 Å². The van der Waals surface area contributed by atoms with Crippen LogP contribution in [0.5, 0.6) is 0 Å². The average molecular weight is 286 g/mol. The minimum Gasteiger partial charge on any atom is -0.467 e. The van der Waals surface area contributed by atoms with Crippen LogP contribution in [0.4, 0.5) is 0 Å². The third-order valence-electron chi connectivity index (χ3n) is 4.24. The van der Waals surface area contributed by atoms with Crippen LogP contribution in [0.25, 0.3) is 11.1 Å². The number of H-pyrrole nitrogens is 1. The van der Waals surface area contributed by atoms with Crippen LogP contribution in [0.3, 0.4) is 0 Å². The van der Waals surface area contributed by atoms with Gasteiger partial charge >= 0.3 is 0 Å². The van der Waals surface area contributed by atoms with E-state index < -0.39 is 0 Å². The van der Waals surface area contributed by atoms with Gasteiger partial charge in [-0.2, -0.15) is 0 Å². The summed E-state index contributed by atoms with van der Waals surface area (Å²) in [7, 11) is 0.